The van der Waals surface area contributed by atoms with Gasteiger partial charge in [0, 0.05) is 12.5 Å². The second kappa shape index (κ2) is 6.83. The van der Waals surface area contributed by atoms with Crippen molar-refractivity contribution in [1.82, 2.24) is 20.1 Å². The number of nitrogens with one attached hydrogen (secondary N) is 1. The van der Waals surface area contributed by atoms with E-state index in [0.717, 1.165) is 18.5 Å². The quantitative estimate of drug-likeness (QED) is 0.705. The number of aromatic nitrogens is 3. The normalized spacial score (nSPS) is 27.6. The number of carbonyl (C=O) groups excluding carboxylic acids is 2. The summed E-state index contributed by atoms with van der Waals surface area (Å²) in [5.41, 5.74) is 2.23. The lowest BCUT2D eigenvalue weighted by atomic mass is 9.70. The lowest BCUT2D eigenvalue weighted by Gasteiger charge is -2.38. The van der Waals surface area contributed by atoms with Crippen LogP contribution < -0.4 is 5.32 Å². The fourth-order valence-corrected chi connectivity index (χ4v) is 4.62. The molecule has 4 atom stereocenters. The van der Waals surface area contributed by atoms with Gasteiger partial charge < -0.3 is 9.73 Å². The summed E-state index contributed by atoms with van der Waals surface area (Å²) < 4.78 is 7.11. The average Bonchev–Trinajstić information content (AvgIpc) is 3.42. The summed E-state index contributed by atoms with van der Waals surface area (Å²) in [6, 6.07) is 10.7. The van der Waals surface area contributed by atoms with E-state index >= 15 is 0 Å². The van der Waals surface area contributed by atoms with E-state index in [1.54, 1.807) is 17.0 Å². The Balaban J connectivity index is 1.56. The van der Waals surface area contributed by atoms with Crippen LogP contribution in [0.15, 0.2) is 59.7 Å². The van der Waals surface area contributed by atoms with E-state index in [0.29, 0.717) is 5.76 Å². The molecule has 3 aromatic rings. The van der Waals surface area contributed by atoms with Crippen LogP contribution in [-0.4, -0.2) is 32.9 Å². The van der Waals surface area contributed by atoms with E-state index in [2.05, 4.69) is 21.5 Å². The van der Waals surface area contributed by atoms with Crippen molar-refractivity contribution < 1.29 is 14.0 Å². The maximum absolute atomic E-state index is 13.7. The maximum atomic E-state index is 13.7. The Morgan fingerprint density at radius 3 is 2.82 bits per heavy atom. The molecule has 5 rings (SSSR count). The number of benzene rings is 1. The van der Waals surface area contributed by atoms with Crippen molar-refractivity contribution >= 4 is 11.6 Å². The molecule has 2 aliphatic rings. The summed E-state index contributed by atoms with van der Waals surface area (Å²) in [7, 11) is 0. The number of fused-ring (bicyclic) bond motifs is 1. The van der Waals surface area contributed by atoms with Gasteiger partial charge in [-0.15, -0.1) is 0 Å². The molecule has 1 fully saturated rings. The Bertz CT molecular complexity index is 997. The number of rotatable bonds is 3. The zero-order valence-electron chi connectivity index (χ0n) is 15.2. The third kappa shape index (κ3) is 2.70. The number of nitrogens with zero attached hydrogens (tertiary/aromatic N) is 3. The number of hydrogen-bond acceptors (Lipinski definition) is 6. The molecule has 0 saturated heterocycles. The molecule has 1 aliphatic carbocycles. The van der Waals surface area contributed by atoms with Crippen molar-refractivity contribution in [3.05, 3.63) is 72.2 Å². The van der Waals surface area contributed by atoms with Crippen LogP contribution >= 0.6 is 0 Å². The highest BCUT2D eigenvalue weighted by atomic mass is 16.3. The summed E-state index contributed by atoms with van der Waals surface area (Å²) in [4.78, 5) is 30.9. The molecule has 28 heavy (non-hydrogen) atoms. The molecule has 0 amide bonds. The molecule has 1 aliphatic heterocycles. The van der Waals surface area contributed by atoms with Crippen molar-refractivity contribution in [1.29, 1.82) is 0 Å². The number of hydrogen-bond donors (Lipinski definition) is 1. The average molecular weight is 376 g/mol. The first-order chi connectivity index (χ1) is 13.7. The minimum atomic E-state index is -0.748. The van der Waals surface area contributed by atoms with Gasteiger partial charge in [0.25, 0.3) is 0 Å². The third-order valence-electron chi connectivity index (χ3n) is 5.86. The first-order valence-corrected chi connectivity index (χ1v) is 9.49. The minimum absolute atomic E-state index is 0.0584. The van der Waals surface area contributed by atoms with E-state index < -0.39 is 12.0 Å². The second-order valence-electron chi connectivity index (χ2n) is 7.37. The first-order valence-electron chi connectivity index (χ1n) is 9.49. The van der Waals surface area contributed by atoms with Crippen LogP contribution in [0.4, 0.5) is 0 Å². The molecule has 0 bridgehead atoms. The highest BCUT2D eigenvalue weighted by molar-refractivity contribution is 6.08. The van der Waals surface area contributed by atoms with E-state index in [4.69, 9.17) is 4.42 Å². The summed E-state index contributed by atoms with van der Waals surface area (Å²) in [6.07, 6.45) is 5.63. The third-order valence-corrected chi connectivity index (χ3v) is 5.86. The SMILES string of the molecule is O=C1C[C@H](c2ccco2)[C@H](n2cncn2)C(=O)[C@H]1[C@H]1NCCc2ccccc21. The van der Waals surface area contributed by atoms with Gasteiger partial charge in [-0.2, -0.15) is 5.10 Å². The van der Waals surface area contributed by atoms with Crippen LogP contribution in [0.5, 0.6) is 0 Å². The summed E-state index contributed by atoms with van der Waals surface area (Å²) in [6.45, 7) is 0.744. The molecular formula is C21H20N4O3. The lowest BCUT2D eigenvalue weighted by molar-refractivity contribution is -0.141. The summed E-state index contributed by atoms with van der Waals surface area (Å²) in [5.74, 6) is -0.708. The van der Waals surface area contributed by atoms with Gasteiger partial charge in [0.15, 0.2) is 5.78 Å². The van der Waals surface area contributed by atoms with Crippen molar-refractivity contribution in [2.24, 2.45) is 5.92 Å². The van der Waals surface area contributed by atoms with Crippen LogP contribution in [0.3, 0.4) is 0 Å². The Labute approximate surface area is 161 Å². The molecule has 1 saturated carbocycles. The minimum Gasteiger partial charge on any atom is -0.469 e. The molecule has 1 N–H and O–H groups in total. The molecular weight excluding hydrogens is 356 g/mol. The molecule has 142 valence electrons. The van der Waals surface area contributed by atoms with Gasteiger partial charge in [-0.05, 0) is 36.2 Å². The highest BCUT2D eigenvalue weighted by Crippen LogP contribution is 2.44. The van der Waals surface area contributed by atoms with Gasteiger partial charge in [0.1, 0.15) is 30.2 Å². The monoisotopic (exact) mass is 376 g/mol. The van der Waals surface area contributed by atoms with E-state index in [1.807, 2.05) is 24.3 Å². The number of ketones is 2. The number of carbonyl (C=O) groups is 2. The fraction of sp³-hybridized carbons (Fsp3) is 0.333. The zero-order chi connectivity index (χ0) is 19.1. The van der Waals surface area contributed by atoms with Crippen molar-refractivity contribution in [3.8, 4) is 0 Å². The van der Waals surface area contributed by atoms with Crippen molar-refractivity contribution in [2.45, 2.75) is 30.8 Å². The van der Waals surface area contributed by atoms with Crippen LogP contribution in [0.25, 0.3) is 0 Å². The van der Waals surface area contributed by atoms with Crippen molar-refractivity contribution in [2.75, 3.05) is 6.54 Å². The van der Waals surface area contributed by atoms with Crippen LogP contribution in [0.2, 0.25) is 0 Å². The van der Waals surface area contributed by atoms with Gasteiger partial charge >= 0.3 is 0 Å². The molecule has 7 nitrogen and oxygen atoms in total. The Morgan fingerprint density at radius 1 is 1.14 bits per heavy atom. The number of Topliss-reactive ketones (excluding diaryl/α,β-unsaturated/α-hetero) is 2. The molecule has 0 unspecified atom stereocenters. The van der Waals surface area contributed by atoms with Gasteiger partial charge in [-0.3, -0.25) is 9.59 Å². The van der Waals surface area contributed by atoms with Gasteiger partial charge in [-0.1, -0.05) is 24.3 Å². The van der Waals surface area contributed by atoms with E-state index in [1.165, 1.54) is 18.2 Å². The Morgan fingerprint density at radius 2 is 2.04 bits per heavy atom. The second-order valence-corrected chi connectivity index (χ2v) is 7.37. The standard InChI is InChI=1S/C21H20N4O3/c26-16-10-15(17-6-3-9-28-17)20(25-12-22-11-24-25)21(27)18(16)19-14-5-2-1-4-13(14)7-8-23-19/h1-6,9,11-12,15,18-20,23H,7-8,10H2/t15-,18-,19+,20+/m1/s1. The van der Waals surface area contributed by atoms with Crippen LogP contribution in [-0.2, 0) is 16.0 Å². The van der Waals surface area contributed by atoms with E-state index in [-0.39, 0.29) is 29.9 Å². The summed E-state index contributed by atoms with van der Waals surface area (Å²) in [5, 5.41) is 7.62. The molecule has 1 aromatic carbocycles. The van der Waals surface area contributed by atoms with Gasteiger partial charge in [0.2, 0.25) is 0 Å². The molecule has 3 heterocycles. The summed E-state index contributed by atoms with van der Waals surface area (Å²) >= 11 is 0. The Hall–Kier alpha value is -3.06. The van der Waals surface area contributed by atoms with Crippen molar-refractivity contribution in [3.63, 3.8) is 0 Å². The maximum Gasteiger partial charge on any atom is 0.170 e. The topological polar surface area (TPSA) is 90.0 Å². The molecule has 0 radical (unpaired) electrons. The fourth-order valence-electron chi connectivity index (χ4n) is 4.62. The molecule has 0 spiro atoms. The molecule has 2 aromatic heterocycles. The predicted molar refractivity (Wildman–Crippen MR) is 99.5 cm³/mol. The first kappa shape index (κ1) is 17.1. The Kier molecular flexibility index (Phi) is 4.16. The lowest BCUT2D eigenvalue weighted by Crippen LogP contribution is -2.48. The molecule has 7 heteroatoms. The zero-order valence-corrected chi connectivity index (χ0v) is 15.2. The number of furan rings is 1. The van der Waals surface area contributed by atoms with Crippen LogP contribution in [0.1, 0.15) is 41.3 Å². The van der Waals surface area contributed by atoms with Gasteiger partial charge in [-0.25, -0.2) is 9.67 Å². The van der Waals surface area contributed by atoms with E-state index in [9.17, 15) is 9.59 Å². The van der Waals surface area contributed by atoms with Crippen LogP contribution in [0, 0.1) is 5.92 Å². The highest BCUT2D eigenvalue weighted by Gasteiger charge is 2.50. The smallest absolute Gasteiger partial charge is 0.170 e. The predicted octanol–water partition coefficient (Wildman–Crippen LogP) is 2.24. The van der Waals surface area contributed by atoms with Gasteiger partial charge in [0.05, 0.1) is 18.1 Å². The largest absolute Gasteiger partial charge is 0.469 e.